The first-order valence-corrected chi connectivity index (χ1v) is 9.93. The van der Waals surface area contributed by atoms with Crippen molar-refractivity contribution in [2.45, 2.75) is 33.4 Å². The maximum atomic E-state index is 6.01. The average Bonchev–Trinajstić information content (AvgIpc) is 2.73. The lowest BCUT2D eigenvalue weighted by Crippen LogP contribution is -2.16. The van der Waals surface area contributed by atoms with Gasteiger partial charge < -0.3 is 14.8 Å². The van der Waals surface area contributed by atoms with Crippen molar-refractivity contribution in [3.05, 3.63) is 95.1 Å². The first kappa shape index (κ1) is 22.8. The molecule has 1 N–H and O–H groups in total. The fourth-order valence-electron chi connectivity index (χ4n) is 3.01. The zero-order valence-corrected chi connectivity index (χ0v) is 18.0. The number of aryl methyl sites for hydroxylation is 1. The first-order valence-electron chi connectivity index (χ1n) is 9.93. The molecular weight excluding hydrogens is 382 g/mol. The van der Waals surface area contributed by atoms with Crippen molar-refractivity contribution in [3.8, 4) is 11.5 Å². The van der Waals surface area contributed by atoms with Crippen molar-refractivity contribution < 1.29 is 9.47 Å². The SMILES string of the molecule is CCOc1cc(CNCCc2ccccc2)ccc1OCc1ccc(C)cc1.Cl. The van der Waals surface area contributed by atoms with E-state index >= 15 is 0 Å². The van der Waals surface area contributed by atoms with Crippen LogP contribution in [0.2, 0.25) is 0 Å². The molecule has 0 unspecified atom stereocenters. The number of ether oxygens (including phenoxy) is 2. The Bertz CT molecular complexity index is 850. The normalized spacial score (nSPS) is 10.3. The van der Waals surface area contributed by atoms with Crippen molar-refractivity contribution in [1.29, 1.82) is 0 Å². The molecule has 0 aliphatic rings. The van der Waals surface area contributed by atoms with E-state index in [1.54, 1.807) is 0 Å². The van der Waals surface area contributed by atoms with Gasteiger partial charge in [-0.05, 0) is 55.6 Å². The zero-order valence-electron chi connectivity index (χ0n) is 17.2. The van der Waals surface area contributed by atoms with E-state index in [4.69, 9.17) is 9.47 Å². The second-order valence-electron chi connectivity index (χ2n) is 6.90. The van der Waals surface area contributed by atoms with Crippen LogP contribution >= 0.6 is 12.4 Å². The summed E-state index contributed by atoms with van der Waals surface area (Å²) in [5, 5.41) is 3.51. The summed E-state index contributed by atoms with van der Waals surface area (Å²) in [6.07, 6.45) is 1.02. The smallest absolute Gasteiger partial charge is 0.161 e. The van der Waals surface area contributed by atoms with E-state index in [0.717, 1.165) is 36.6 Å². The van der Waals surface area contributed by atoms with Crippen LogP contribution in [-0.4, -0.2) is 13.2 Å². The monoisotopic (exact) mass is 411 g/mol. The van der Waals surface area contributed by atoms with Gasteiger partial charge in [0.05, 0.1) is 6.61 Å². The average molecular weight is 412 g/mol. The molecule has 154 valence electrons. The molecule has 0 fully saturated rings. The van der Waals surface area contributed by atoms with Crippen LogP contribution in [0.25, 0.3) is 0 Å². The molecule has 0 aromatic heterocycles. The van der Waals surface area contributed by atoms with Gasteiger partial charge in [0.25, 0.3) is 0 Å². The number of rotatable bonds is 10. The molecule has 0 spiro atoms. The number of hydrogen-bond acceptors (Lipinski definition) is 3. The first-order chi connectivity index (χ1) is 13.7. The lowest BCUT2D eigenvalue weighted by molar-refractivity contribution is 0.269. The molecule has 0 bridgehead atoms. The minimum atomic E-state index is 0. The molecule has 0 saturated heterocycles. The Kier molecular flexibility index (Phi) is 9.55. The summed E-state index contributed by atoms with van der Waals surface area (Å²) >= 11 is 0. The minimum Gasteiger partial charge on any atom is -0.490 e. The summed E-state index contributed by atoms with van der Waals surface area (Å²) in [5.41, 5.74) is 4.95. The Morgan fingerprint density at radius 2 is 1.48 bits per heavy atom. The van der Waals surface area contributed by atoms with Gasteiger partial charge in [-0.25, -0.2) is 0 Å². The molecule has 0 aliphatic heterocycles. The van der Waals surface area contributed by atoms with Gasteiger partial charge in [0.2, 0.25) is 0 Å². The summed E-state index contributed by atoms with van der Waals surface area (Å²) in [6, 6.07) is 25.1. The van der Waals surface area contributed by atoms with Crippen LogP contribution in [-0.2, 0) is 19.6 Å². The van der Waals surface area contributed by atoms with Crippen molar-refractivity contribution >= 4 is 12.4 Å². The van der Waals surface area contributed by atoms with Crippen molar-refractivity contribution in [2.24, 2.45) is 0 Å². The number of halogens is 1. The predicted molar refractivity (Wildman–Crippen MR) is 122 cm³/mol. The quantitative estimate of drug-likeness (QED) is 0.432. The zero-order chi connectivity index (χ0) is 19.6. The number of benzene rings is 3. The van der Waals surface area contributed by atoms with Gasteiger partial charge in [0.15, 0.2) is 11.5 Å². The fraction of sp³-hybridized carbons (Fsp3) is 0.280. The molecule has 3 nitrogen and oxygen atoms in total. The molecule has 3 aromatic carbocycles. The highest BCUT2D eigenvalue weighted by atomic mass is 35.5. The predicted octanol–water partition coefficient (Wildman–Crippen LogP) is 5.73. The third-order valence-electron chi connectivity index (χ3n) is 4.59. The van der Waals surface area contributed by atoms with Crippen LogP contribution < -0.4 is 14.8 Å². The van der Waals surface area contributed by atoms with E-state index in [1.165, 1.54) is 16.7 Å². The van der Waals surface area contributed by atoms with Gasteiger partial charge in [-0.2, -0.15) is 0 Å². The maximum absolute atomic E-state index is 6.01. The molecule has 3 aromatic rings. The van der Waals surface area contributed by atoms with Crippen molar-refractivity contribution in [2.75, 3.05) is 13.2 Å². The van der Waals surface area contributed by atoms with Crippen LogP contribution in [0.15, 0.2) is 72.8 Å². The van der Waals surface area contributed by atoms with Gasteiger partial charge >= 0.3 is 0 Å². The lowest BCUT2D eigenvalue weighted by Gasteiger charge is -2.14. The van der Waals surface area contributed by atoms with Crippen LogP contribution in [0.4, 0.5) is 0 Å². The van der Waals surface area contributed by atoms with Gasteiger partial charge in [0, 0.05) is 6.54 Å². The Balaban J connectivity index is 0.00000300. The summed E-state index contributed by atoms with van der Waals surface area (Å²) in [5.74, 6) is 1.59. The van der Waals surface area contributed by atoms with E-state index in [1.807, 2.05) is 13.0 Å². The van der Waals surface area contributed by atoms with Crippen LogP contribution in [0, 0.1) is 6.92 Å². The molecule has 0 heterocycles. The molecule has 3 rings (SSSR count). The molecule has 0 aliphatic carbocycles. The van der Waals surface area contributed by atoms with E-state index in [0.29, 0.717) is 13.2 Å². The van der Waals surface area contributed by atoms with Gasteiger partial charge in [-0.1, -0.05) is 66.2 Å². The lowest BCUT2D eigenvalue weighted by atomic mass is 10.1. The highest BCUT2D eigenvalue weighted by molar-refractivity contribution is 5.85. The van der Waals surface area contributed by atoms with Crippen molar-refractivity contribution in [1.82, 2.24) is 5.32 Å². The molecule has 0 saturated carbocycles. The molecule has 0 atom stereocenters. The summed E-state index contributed by atoms with van der Waals surface area (Å²) in [7, 11) is 0. The van der Waals surface area contributed by atoms with Crippen LogP contribution in [0.1, 0.15) is 29.2 Å². The van der Waals surface area contributed by atoms with E-state index in [2.05, 4.69) is 79.0 Å². The topological polar surface area (TPSA) is 30.5 Å². The third kappa shape index (κ3) is 7.45. The highest BCUT2D eigenvalue weighted by Gasteiger charge is 2.07. The minimum absolute atomic E-state index is 0. The Morgan fingerprint density at radius 3 is 2.21 bits per heavy atom. The fourth-order valence-corrected chi connectivity index (χ4v) is 3.01. The Morgan fingerprint density at radius 1 is 0.759 bits per heavy atom. The molecular formula is C25H30ClNO2. The second kappa shape index (κ2) is 12.2. The Labute approximate surface area is 180 Å². The summed E-state index contributed by atoms with van der Waals surface area (Å²) < 4.78 is 11.8. The molecule has 4 heteroatoms. The second-order valence-corrected chi connectivity index (χ2v) is 6.90. The highest BCUT2D eigenvalue weighted by Crippen LogP contribution is 2.29. The van der Waals surface area contributed by atoms with Gasteiger partial charge in [0.1, 0.15) is 6.61 Å². The summed E-state index contributed by atoms with van der Waals surface area (Å²) in [4.78, 5) is 0. The number of nitrogens with one attached hydrogen (secondary N) is 1. The number of hydrogen-bond donors (Lipinski definition) is 1. The molecule has 0 radical (unpaired) electrons. The molecule has 29 heavy (non-hydrogen) atoms. The van der Waals surface area contributed by atoms with E-state index in [9.17, 15) is 0 Å². The molecule has 0 amide bonds. The van der Waals surface area contributed by atoms with E-state index in [-0.39, 0.29) is 12.4 Å². The largest absolute Gasteiger partial charge is 0.490 e. The van der Waals surface area contributed by atoms with Crippen LogP contribution in [0.5, 0.6) is 11.5 Å². The standard InChI is InChI=1S/C25H29NO2.ClH/c1-3-27-25-17-23(18-26-16-15-21-7-5-4-6-8-21)13-14-24(25)28-19-22-11-9-20(2)10-12-22;/h4-14,17,26H,3,15-16,18-19H2,1-2H3;1H. The van der Waals surface area contributed by atoms with Crippen molar-refractivity contribution in [3.63, 3.8) is 0 Å². The van der Waals surface area contributed by atoms with Gasteiger partial charge in [-0.3, -0.25) is 0 Å². The third-order valence-corrected chi connectivity index (χ3v) is 4.59. The van der Waals surface area contributed by atoms with Gasteiger partial charge in [-0.15, -0.1) is 12.4 Å². The maximum Gasteiger partial charge on any atom is 0.161 e. The van der Waals surface area contributed by atoms with Crippen LogP contribution in [0.3, 0.4) is 0 Å². The van der Waals surface area contributed by atoms with E-state index < -0.39 is 0 Å². The summed E-state index contributed by atoms with van der Waals surface area (Å²) in [6.45, 7) is 6.99. The Hall–Kier alpha value is -2.49.